The number of carbonyl (C=O) groups excluding carboxylic acids is 1. The lowest BCUT2D eigenvalue weighted by atomic mass is 10.1. The van der Waals surface area contributed by atoms with Gasteiger partial charge in [-0.25, -0.2) is 0 Å². The Morgan fingerprint density at radius 1 is 1.23 bits per heavy atom. The highest BCUT2D eigenvalue weighted by Crippen LogP contribution is 2.22. The predicted octanol–water partition coefficient (Wildman–Crippen LogP) is 3.24. The minimum Gasteiger partial charge on any atom is -0.361 e. The summed E-state index contributed by atoms with van der Waals surface area (Å²) in [6, 6.07) is 9.16. The topological polar surface area (TPSA) is 96.7 Å². The summed E-state index contributed by atoms with van der Waals surface area (Å²) in [5.41, 5.74) is 2.82. The largest absolute Gasteiger partial charge is 0.361 e. The molecule has 0 aliphatic rings. The smallest absolute Gasteiger partial charge is 0.316 e. The molecule has 0 saturated carbocycles. The molecule has 4 aromatic rings. The molecule has 0 aliphatic carbocycles. The molecule has 0 fully saturated rings. The number of rotatable bonds is 5. The highest BCUT2D eigenvalue weighted by atomic mass is 35.5. The molecule has 0 atom stereocenters. The number of aromatic nitrogens is 4. The van der Waals surface area contributed by atoms with Gasteiger partial charge in [0.2, 0.25) is 5.82 Å². The molecule has 0 radical (unpaired) electrons. The van der Waals surface area contributed by atoms with Crippen molar-refractivity contribution in [2.24, 2.45) is 0 Å². The number of hydrogen-bond acceptors (Lipinski definition) is 5. The van der Waals surface area contributed by atoms with Crippen LogP contribution >= 0.6 is 11.6 Å². The summed E-state index contributed by atoms with van der Waals surface area (Å²) < 4.78 is 5.04. The van der Waals surface area contributed by atoms with E-state index in [1.165, 1.54) is 0 Å². The standard InChI is InChI=1S/C18H14ClN5O2/c19-13-1-2-15-14(9-13)12(10-22-15)5-8-21-17(25)18-23-16(24-26-18)11-3-6-20-7-4-11/h1-4,6-7,9-10,22H,5,8H2,(H,21,25). The number of benzene rings is 1. The molecular formula is C18H14ClN5O2. The molecule has 0 unspecified atom stereocenters. The van der Waals surface area contributed by atoms with E-state index in [1.807, 2.05) is 24.4 Å². The Bertz CT molecular complexity index is 1060. The Balaban J connectivity index is 1.40. The maximum Gasteiger partial charge on any atom is 0.316 e. The van der Waals surface area contributed by atoms with Gasteiger partial charge < -0.3 is 14.8 Å². The van der Waals surface area contributed by atoms with Crippen LogP contribution in [0.3, 0.4) is 0 Å². The fourth-order valence-electron chi connectivity index (χ4n) is 2.68. The molecule has 3 aromatic heterocycles. The van der Waals surface area contributed by atoms with E-state index in [1.54, 1.807) is 24.5 Å². The maximum absolute atomic E-state index is 12.2. The van der Waals surface area contributed by atoms with E-state index in [0.717, 1.165) is 22.0 Å². The van der Waals surface area contributed by atoms with Crippen LogP contribution in [0.2, 0.25) is 5.02 Å². The first kappa shape index (κ1) is 16.3. The second-order valence-electron chi connectivity index (χ2n) is 5.67. The van der Waals surface area contributed by atoms with Crippen molar-refractivity contribution in [1.82, 2.24) is 25.4 Å². The molecule has 3 heterocycles. The Kier molecular flexibility index (Phi) is 4.37. The number of hydrogen-bond donors (Lipinski definition) is 2. The van der Waals surface area contributed by atoms with Crippen LogP contribution in [0.1, 0.15) is 16.2 Å². The van der Waals surface area contributed by atoms with Gasteiger partial charge in [0.05, 0.1) is 0 Å². The van der Waals surface area contributed by atoms with Crippen molar-refractivity contribution in [3.8, 4) is 11.4 Å². The van der Waals surface area contributed by atoms with Crippen molar-refractivity contribution in [1.29, 1.82) is 0 Å². The summed E-state index contributed by atoms with van der Waals surface area (Å²) in [6.45, 7) is 0.436. The Labute approximate surface area is 153 Å². The average molecular weight is 368 g/mol. The van der Waals surface area contributed by atoms with Gasteiger partial charge in [-0.3, -0.25) is 9.78 Å². The van der Waals surface area contributed by atoms with E-state index in [-0.39, 0.29) is 5.89 Å². The number of carbonyl (C=O) groups is 1. The Morgan fingerprint density at radius 2 is 2.08 bits per heavy atom. The van der Waals surface area contributed by atoms with Gasteiger partial charge in [0.15, 0.2) is 0 Å². The van der Waals surface area contributed by atoms with E-state index in [9.17, 15) is 4.79 Å². The van der Waals surface area contributed by atoms with Crippen LogP contribution in [0.15, 0.2) is 53.4 Å². The SMILES string of the molecule is O=C(NCCc1c[nH]c2ccc(Cl)cc12)c1nc(-c2ccncc2)no1. The van der Waals surface area contributed by atoms with Crippen molar-refractivity contribution >= 4 is 28.4 Å². The van der Waals surface area contributed by atoms with Crippen molar-refractivity contribution < 1.29 is 9.32 Å². The maximum atomic E-state index is 12.2. The lowest BCUT2D eigenvalue weighted by Crippen LogP contribution is -2.25. The molecule has 0 aliphatic heterocycles. The van der Waals surface area contributed by atoms with Gasteiger partial charge in [-0.2, -0.15) is 4.98 Å². The molecule has 130 valence electrons. The van der Waals surface area contributed by atoms with E-state index >= 15 is 0 Å². The molecule has 1 aromatic carbocycles. The summed E-state index contributed by atoms with van der Waals surface area (Å²) in [5, 5.41) is 8.33. The monoisotopic (exact) mass is 367 g/mol. The van der Waals surface area contributed by atoms with E-state index in [0.29, 0.717) is 23.8 Å². The quantitative estimate of drug-likeness (QED) is 0.564. The van der Waals surface area contributed by atoms with Gasteiger partial charge in [0, 0.05) is 46.6 Å². The minimum atomic E-state index is -0.407. The van der Waals surface area contributed by atoms with Gasteiger partial charge in [-0.15, -0.1) is 0 Å². The van der Waals surface area contributed by atoms with Gasteiger partial charge in [-0.05, 0) is 42.3 Å². The highest BCUT2D eigenvalue weighted by molar-refractivity contribution is 6.31. The second kappa shape index (κ2) is 6.97. The van der Waals surface area contributed by atoms with Crippen molar-refractivity contribution in [2.75, 3.05) is 6.54 Å². The summed E-state index contributed by atoms with van der Waals surface area (Å²) in [6.07, 6.45) is 5.82. The average Bonchev–Trinajstić information content (AvgIpc) is 3.30. The summed E-state index contributed by atoms with van der Waals surface area (Å²) in [5.74, 6) is -0.127. The van der Waals surface area contributed by atoms with Crippen LogP contribution in [-0.2, 0) is 6.42 Å². The molecule has 4 rings (SSSR count). The van der Waals surface area contributed by atoms with Gasteiger partial charge in [0.25, 0.3) is 0 Å². The number of aromatic amines is 1. The van der Waals surface area contributed by atoms with Crippen molar-refractivity contribution in [3.63, 3.8) is 0 Å². The number of halogens is 1. The van der Waals surface area contributed by atoms with Gasteiger partial charge in [0.1, 0.15) is 0 Å². The molecule has 2 N–H and O–H groups in total. The van der Waals surface area contributed by atoms with E-state index < -0.39 is 5.91 Å². The molecule has 1 amide bonds. The zero-order valence-corrected chi connectivity index (χ0v) is 14.3. The van der Waals surface area contributed by atoms with Crippen molar-refractivity contribution in [2.45, 2.75) is 6.42 Å². The molecular weight excluding hydrogens is 354 g/mol. The molecule has 8 heteroatoms. The van der Waals surface area contributed by atoms with Crippen LogP contribution < -0.4 is 5.32 Å². The second-order valence-corrected chi connectivity index (χ2v) is 6.11. The van der Waals surface area contributed by atoms with Crippen LogP contribution in [-0.4, -0.2) is 32.6 Å². The molecule has 0 saturated heterocycles. The normalized spacial score (nSPS) is 11.0. The number of nitrogens with zero attached hydrogens (tertiary/aromatic N) is 3. The Morgan fingerprint density at radius 3 is 2.92 bits per heavy atom. The molecule has 0 spiro atoms. The number of nitrogens with one attached hydrogen (secondary N) is 2. The third-order valence-corrected chi connectivity index (χ3v) is 4.20. The number of pyridine rings is 1. The lowest BCUT2D eigenvalue weighted by molar-refractivity contribution is 0.0910. The Hall–Kier alpha value is -3.19. The van der Waals surface area contributed by atoms with Crippen LogP contribution in [0, 0.1) is 0 Å². The first-order chi connectivity index (χ1) is 12.7. The summed E-state index contributed by atoms with van der Waals surface area (Å²) >= 11 is 6.05. The first-order valence-electron chi connectivity index (χ1n) is 7.98. The summed E-state index contributed by atoms with van der Waals surface area (Å²) in [4.78, 5) is 23.4. The minimum absolute atomic E-state index is 0.0706. The number of fused-ring (bicyclic) bond motifs is 1. The zero-order valence-electron chi connectivity index (χ0n) is 13.6. The summed E-state index contributed by atoms with van der Waals surface area (Å²) in [7, 11) is 0. The highest BCUT2D eigenvalue weighted by Gasteiger charge is 2.16. The number of H-pyrrole nitrogens is 1. The predicted molar refractivity (Wildman–Crippen MR) is 96.9 cm³/mol. The van der Waals surface area contributed by atoms with Crippen molar-refractivity contribution in [3.05, 3.63) is 65.4 Å². The third kappa shape index (κ3) is 3.29. The zero-order chi connectivity index (χ0) is 17.9. The van der Waals surface area contributed by atoms with E-state index in [4.69, 9.17) is 16.1 Å². The van der Waals surface area contributed by atoms with Crippen LogP contribution in [0.4, 0.5) is 0 Å². The van der Waals surface area contributed by atoms with Gasteiger partial charge in [-0.1, -0.05) is 16.8 Å². The lowest BCUT2D eigenvalue weighted by Gasteiger charge is -2.02. The van der Waals surface area contributed by atoms with Crippen LogP contribution in [0.5, 0.6) is 0 Å². The third-order valence-electron chi connectivity index (χ3n) is 3.97. The molecule has 26 heavy (non-hydrogen) atoms. The molecule has 0 bridgehead atoms. The first-order valence-corrected chi connectivity index (χ1v) is 8.36. The van der Waals surface area contributed by atoms with Crippen LogP contribution in [0.25, 0.3) is 22.3 Å². The number of amides is 1. The van der Waals surface area contributed by atoms with Gasteiger partial charge >= 0.3 is 11.8 Å². The fraction of sp³-hybridized carbons (Fsp3) is 0.111. The molecule has 7 nitrogen and oxygen atoms in total. The fourth-order valence-corrected chi connectivity index (χ4v) is 2.85. The van der Waals surface area contributed by atoms with E-state index in [2.05, 4.69) is 25.4 Å².